The fourth-order valence-corrected chi connectivity index (χ4v) is 3.78. The number of halogens is 2. The van der Waals surface area contributed by atoms with E-state index in [4.69, 9.17) is 21.1 Å². The Labute approximate surface area is 196 Å². The molecule has 1 aromatic heterocycles. The van der Waals surface area contributed by atoms with Crippen LogP contribution in [0.15, 0.2) is 30.6 Å². The minimum absolute atomic E-state index is 0.0202. The fourth-order valence-electron chi connectivity index (χ4n) is 3.62. The van der Waals surface area contributed by atoms with Gasteiger partial charge in [0.25, 0.3) is 0 Å². The highest BCUT2D eigenvalue weighted by Crippen LogP contribution is 2.36. The number of nitrogens with one attached hydrogen (secondary N) is 2. The Morgan fingerprint density at radius 2 is 2.09 bits per heavy atom. The molecule has 174 valence electrons. The molecule has 2 bridgehead atoms. The molecule has 8 nitrogen and oxygen atoms in total. The molecular formula is C23H25ClFN5O3. The zero-order valence-electron chi connectivity index (χ0n) is 18.6. The van der Waals surface area contributed by atoms with E-state index in [-0.39, 0.29) is 10.9 Å². The molecule has 0 aliphatic carbocycles. The first-order chi connectivity index (χ1) is 15.9. The molecule has 0 unspecified atom stereocenters. The lowest BCUT2D eigenvalue weighted by Crippen LogP contribution is -2.43. The van der Waals surface area contributed by atoms with Crippen LogP contribution in [-0.4, -0.2) is 54.1 Å². The molecule has 33 heavy (non-hydrogen) atoms. The Bertz CT molecular complexity index is 1190. The molecule has 10 heteroatoms. The summed E-state index contributed by atoms with van der Waals surface area (Å²) in [6.07, 6.45) is 2.05. The van der Waals surface area contributed by atoms with Crippen molar-refractivity contribution in [3.63, 3.8) is 0 Å². The lowest BCUT2D eigenvalue weighted by atomic mass is 10.1. The smallest absolute Gasteiger partial charge is 0.237 e. The van der Waals surface area contributed by atoms with Crippen LogP contribution in [0, 0.1) is 5.82 Å². The Kier molecular flexibility index (Phi) is 6.80. The van der Waals surface area contributed by atoms with E-state index in [0.717, 1.165) is 0 Å². The van der Waals surface area contributed by atoms with Crippen molar-refractivity contribution >= 4 is 39.9 Å². The van der Waals surface area contributed by atoms with Crippen LogP contribution in [0.3, 0.4) is 0 Å². The summed E-state index contributed by atoms with van der Waals surface area (Å²) in [4.78, 5) is 23.2. The third-order valence-electron chi connectivity index (χ3n) is 5.66. The second-order valence-corrected chi connectivity index (χ2v) is 8.28. The summed E-state index contributed by atoms with van der Waals surface area (Å²) in [5.41, 5.74) is 1.86. The molecule has 0 saturated heterocycles. The maximum atomic E-state index is 14.4. The zero-order chi connectivity index (χ0) is 23.5. The predicted molar refractivity (Wildman–Crippen MR) is 125 cm³/mol. The summed E-state index contributed by atoms with van der Waals surface area (Å²) in [6.45, 7) is 2.97. The number of amides is 1. The number of aromatic nitrogens is 2. The maximum absolute atomic E-state index is 14.4. The van der Waals surface area contributed by atoms with Crippen molar-refractivity contribution in [2.24, 2.45) is 0 Å². The molecule has 0 spiro atoms. The number of anilines is 2. The maximum Gasteiger partial charge on any atom is 0.237 e. The highest BCUT2D eigenvalue weighted by molar-refractivity contribution is 6.31. The lowest BCUT2D eigenvalue weighted by Gasteiger charge is -2.25. The summed E-state index contributed by atoms with van der Waals surface area (Å²) >= 11 is 6.09. The largest absolute Gasteiger partial charge is 0.493 e. The SMILES string of the molecule is COc1cc2ncnc3c2cc1OCCCNC(=O)[C@H](C)N(C)Cc1cc(F)c(Cl)cc1N3. The topological polar surface area (TPSA) is 88.6 Å². The first-order valence-corrected chi connectivity index (χ1v) is 10.9. The van der Waals surface area contributed by atoms with Gasteiger partial charge in [0.2, 0.25) is 5.91 Å². The van der Waals surface area contributed by atoms with Crippen LogP contribution >= 0.6 is 11.6 Å². The van der Waals surface area contributed by atoms with Crippen molar-refractivity contribution in [2.75, 3.05) is 32.6 Å². The lowest BCUT2D eigenvalue weighted by molar-refractivity contribution is -0.125. The van der Waals surface area contributed by atoms with Gasteiger partial charge in [-0.05, 0) is 44.2 Å². The number of carbonyl (C=O) groups is 1. The van der Waals surface area contributed by atoms with Gasteiger partial charge in [-0.15, -0.1) is 0 Å². The highest BCUT2D eigenvalue weighted by Gasteiger charge is 2.21. The summed E-state index contributed by atoms with van der Waals surface area (Å²) < 4.78 is 25.8. The molecular weight excluding hydrogens is 449 g/mol. The quantitative estimate of drug-likeness (QED) is 0.554. The number of likely N-dealkylation sites (N-methyl/N-ethyl adjacent to an activating group) is 1. The van der Waals surface area contributed by atoms with Gasteiger partial charge < -0.3 is 20.1 Å². The number of ether oxygens (including phenoxy) is 2. The van der Waals surface area contributed by atoms with Crippen molar-refractivity contribution in [1.29, 1.82) is 0 Å². The summed E-state index contributed by atoms with van der Waals surface area (Å²) in [7, 11) is 3.37. The fraction of sp³-hybridized carbons (Fsp3) is 0.348. The summed E-state index contributed by atoms with van der Waals surface area (Å²) in [5.74, 6) is 0.928. The van der Waals surface area contributed by atoms with E-state index < -0.39 is 11.9 Å². The number of fused-ring (bicyclic) bond motifs is 2. The van der Waals surface area contributed by atoms with Gasteiger partial charge in [-0.1, -0.05) is 11.6 Å². The molecule has 0 radical (unpaired) electrons. The molecule has 4 rings (SSSR count). The number of nitrogens with zero attached hydrogens (tertiary/aromatic N) is 3. The van der Waals surface area contributed by atoms with E-state index in [2.05, 4.69) is 20.6 Å². The van der Waals surface area contributed by atoms with Gasteiger partial charge in [0, 0.05) is 30.2 Å². The van der Waals surface area contributed by atoms with Gasteiger partial charge in [-0.25, -0.2) is 14.4 Å². The van der Waals surface area contributed by atoms with Gasteiger partial charge in [0.1, 0.15) is 18.0 Å². The van der Waals surface area contributed by atoms with Crippen LogP contribution in [0.25, 0.3) is 10.9 Å². The van der Waals surface area contributed by atoms with Gasteiger partial charge in [-0.2, -0.15) is 0 Å². The van der Waals surface area contributed by atoms with Gasteiger partial charge >= 0.3 is 0 Å². The number of benzene rings is 2. The molecule has 2 N–H and O–H groups in total. The van der Waals surface area contributed by atoms with Crippen molar-refractivity contribution < 1.29 is 18.7 Å². The number of methoxy groups -OCH3 is 1. The minimum atomic E-state index is -0.537. The van der Waals surface area contributed by atoms with Crippen LogP contribution in [-0.2, 0) is 11.3 Å². The number of hydrogen-bond donors (Lipinski definition) is 2. The van der Waals surface area contributed by atoms with Crippen LogP contribution < -0.4 is 20.1 Å². The van der Waals surface area contributed by atoms with Gasteiger partial charge in [0.15, 0.2) is 11.5 Å². The van der Waals surface area contributed by atoms with E-state index in [1.165, 1.54) is 18.5 Å². The second kappa shape index (κ2) is 9.76. The molecule has 3 aromatic rings. The molecule has 2 aromatic carbocycles. The highest BCUT2D eigenvalue weighted by atomic mass is 35.5. The molecule has 1 aliphatic rings. The van der Waals surface area contributed by atoms with Crippen molar-refractivity contribution in [2.45, 2.75) is 25.9 Å². The van der Waals surface area contributed by atoms with Crippen LogP contribution in [0.4, 0.5) is 15.9 Å². The van der Waals surface area contributed by atoms with Crippen molar-refractivity contribution in [3.8, 4) is 11.5 Å². The van der Waals surface area contributed by atoms with Crippen LogP contribution in [0.2, 0.25) is 5.02 Å². The first kappa shape index (κ1) is 23.0. The monoisotopic (exact) mass is 473 g/mol. The Morgan fingerprint density at radius 1 is 1.27 bits per heavy atom. The summed E-state index contributed by atoms with van der Waals surface area (Å²) in [5, 5.41) is 6.87. The average Bonchev–Trinajstić information content (AvgIpc) is 2.80. The standard InChI is InChI=1S/C23H25ClFN5O3/c1-13-23(31)26-5-4-6-33-21-8-15-19(10-20(21)32-3)27-12-28-22(15)29-18-9-16(24)17(25)7-14(18)11-30(13)2/h7-10,12-13H,4-6,11H2,1-3H3,(H,26,31)(H,27,28,29)/t13-/m0/s1. The molecule has 1 amide bonds. The Morgan fingerprint density at radius 3 is 2.88 bits per heavy atom. The van der Waals surface area contributed by atoms with E-state index in [1.807, 2.05) is 11.9 Å². The number of rotatable bonds is 1. The van der Waals surface area contributed by atoms with E-state index in [1.54, 1.807) is 26.2 Å². The number of carbonyl (C=O) groups excluding carboxylic acids is 1. The van der Waals surface area contributed by atoms with Crippen molar-refractivity contribution in [1.82, 2.24) is 20.2 Å². The van der Waals surface area contributed by atoms with Crippen molar-refractivity contribution in [3.05, 3.63) is 47.0 Å². The third-order valence-corrected chi connectivity index (χ3v) is 5.95. The Balaban J connectivity index is 1.83. The third kappa shape index (κ3) is 4.94. The van der Waals surface area contributed by atoms with Gasteiger partial charge in [0.05, 0.1) is 30.3 Å². The molecule has 0 fully saturated rings. The Hall–Kier alpha value is -3.17. The predicted octanol–water partition coefficient (Wildman–Crippen LogP) is 3.89. The molecule has 2 heterocycles. The normalized spacial score (nSPS) is 17.7. The molecule has 1 atom stereocenters. The van der Waals surface area contributed by atoms with E-state index >= 15 is 0 Å². The average molecular weight is 474 g/mol. The number of hydrogen-bond acceptors (Lipinski definition) is 7. The van der Waals surface area contributed by atoms with E-state index in [9.17, 15) is 9.18 Å². The zero-order valence-corrected chi connectivity index (χ0v) is 19.4. The molecule has 1 aliphatic heterocycles. The molecule has 0 saturated carbocycles. The summed E-state index contributed by atoms with van der Waals surface area (Å²) in [6, 6.07) is 6.04. The van der Waals surface area contributed by atoms with Gasteiger partial charge in [-0.3, -0.25) is 9.69 Å². The van der Waals surface area contributed by atoms with Crippen LogP contribution in [0.5, 0.6) is 11.5 Å². The first-order valence-electron chi connectivity index (χ1n) is 10.6. The van der Waals surface area contributed by atoms with Crippen LogP contribution in [0.1, 0.15) is 18.9 Å². The van der Waals surface area contributed by atoms with E-state index in [0.29, 0.717) is 65.6 Å². The minimum Gasteiger partial charge on any atom is -0.493 e. The second-order valence-electron chi connectivity index (χ2n) is 7.88.